The number of nitrogens with one attached hydrogen (secondary N) is 1. The van der Waals surface area contributed by atoms with Crippen LogP contribution in [0.25, 0.3) is 11.1 Å². The number of nitrogens with zero attached hydrogens (tertiary/aromatic N) is 3. The van der Waals surface area contributed by atoms with Crippen LogP contribution in [0, 0.1) is 11.6 Å². The number of amides is 2. The van der Waals surface area contributed by atoms with E-state index in [0.717, 1.165) is 24.3 Å². The van der Waals surface area contributed by atoms with Gasteiger partial charge >= 0.3 is 18.3 Å². The van der Waals surface area contributed by atoms with Gasteiger partial charge < -0.3 is 15.2 Å². The van der Waals surface area contributed by atoms with Crippen molar-refractivity contribution in [2.75, 3.05) is 19.0 Å². The molecule has 0 bridgehead atoms. The SMILES string of the molecule is COC(=O)c1cc(F)c(CN2C(=O)C(C(=O)Nc3ccc(C(F)(F)F)cc3-c3ccc(C(F)(F)F)nc3)=C(O)[C@@]3(C)CCCN23)c(F)c1. The molecule has 254 valence electrons. The molecule has 5 rings (SSSR count). The van der Waals surface area contributed by atoms with Crippen LogP contribution in [-0.4, -0.2) is 57.1 Å². The van der Waals surface area contributed by atoms with Gasteiger partial charge in [0.15, 0.2) is 0 Å². The number of rotatable bonds is 6. The minimum Gasteiger partial charge on any atom is -0.509 e. The van der Waals surface area contributed by atoms with E-state index in [1.807, 2.05) is 0 Å². The number of halogens is 8. The van der Waals surface area contributed by atoms with E-state index >= 15 is 8.78 Å². The lowest BCUT2D eigenvalue weighted by molar-refractivity contribution is -0.160. The lowest BCUT2D eigenvalue weighted by Crippen LogP contribution is -2.60. The Morgan fingerprint density at radius 3 is 2.25 bits per heavy atom. The molecule has 3 heterocycles. The highest BCUT2D eigenvalue weighted by Crippen LogP contribution is 2.43. The first kappa shape index (κ1) is 34.3. The second-order valence-electron chi connectivity index (χ2n) is 11.1. The van der Waals surface area contributed by atoms with Crippen molar-refractivity contribution >= 4 is 23.5 Å². The van der Waals surface area contributed by atoms with Crippen LogP contribution < -0.4 is 5.32 Å². The second kappa shape index (κ2) is 12.2. The summed E-state index contributed by atoms with van der Waals surface area (Å²) < 4.78 is 115. The Labute approximate surface area is 266 Å². The summed E-state index contributed by atoms with van der Waals surface area (Å²) in [6.45, 7) is 0.793. The molecule has 0 spiro atoms. The maximum atomic E-state index is 15.1. The van der Waals surface area contributed by atoms with E-state index in [0.29, 0.717) is 42.9 Å². The smallest absolute Gasteiger partial charge is 0.433 e. The number of fused-ring (bicyclic) bond motifs is 1. The highest BCUT2D eigenvalue weighted by Gasteiger charge is 2.53. The Bertz CT molecular complexity index is 1820. The molecule has 0 aliphatic carbocycles. The molecule has 1 aromatic heterocycles. The molecule has 17 heteroatoms. The summed E-state index contributed by atoms with van der Waals surface area (Å²) in [5.74, 6) is -6.71. The predicted octanol–water partition coefficient (Wildman–Crippen LogP) is 6.41. The van der Waals surface area contributed by atoms with Crippen molar-refractivity contribution in [1.82, 2.24) is 15.0 Å². The van der Waals surface area contributed by atoms with Crippen molar-refractivity contribution < 1.29 is 59.4 Å². The number of hydrogen-bond acceptors (Lipinski definition) is 7. The van der Waals surface area contributed by atoms with Crippen LogP contribution in [-0.2, 0) is 33.2 Å². The molecule has 48 heavy (non-hydrogen) atoms. The molecule has 3 aromatic rings. The Balaban J connectivity index is 1.54. The summed E-state index contributed by atoms with van der Waals surface area (Å²) in [6, 6.07) is 4.74. The van der Waals surface area contributed by atoms with E-state index in [9.17, 15) is 45.8 Å². The number of carbonyl (C=O) groups excluding carboxylic acids is 3. The van der Waals surface area contributed by atoms with Crippen LogP contribution in [0.2, 0.25) is 0 Å². The normalized spacial score (nSPS) is 18.6. The number of aliphatic hydroxyl groups is 1. The van der Waals surface area contributed by atoms with Gasteiger partial charge in [0.2, 0.25) is 0 Å². The van der Waals surface area contributed by atoms with Crippen LogP contribution in [0.1, 0.15) is 46.9 Å². The standard InChI is InChI=1S/C31H24F8N4O5/c1-29-8-3-9-43(29)42(14-19-20(32)10-16(11-21(19)33)28(47)48-2)27(46)24(25(29)44)26(45)41-22-6-5-17(30(34,35)36)12-18(22)15-4-7-23(40-13-15)31(37,38)39/h4-7,10-13,44H,3,8-9,14H2,1-2H3,(H,41,45)/t29-/m1/s1. The quantitative estimate of drug-likeness (QED) is 0.175. The molecule has 1 saturated heterocycles. The number of hydrogen-bond donors (Lipinski definition) is 2. The van der Waals surface area contributed by atoms with E-state index in [1.165, 1.54) is 11.9 Å². The van der Waals surface area contributed by atoms with Gasteiger partial charge in [0.25, 0.3) is 11.8 Å². The van der Waals surface area contributed by atoms with Crippen molar-refractivity contribution in [1.29, 1.82) is 0 Å². The highest BCUT2D eigenvalue weighted by atomic mass is 19.4. The third-order valence-corrected chi connectivity index (χ3v) is 8.15. The highest BCUT2D eigenvalue weighted by molar-refractivity contribution is 6.24. The first-order valence-corrected chi connectivity index (χ1v) is 14.0. The van der Waals surface area contributed by atoms with Gasteiger partial charge in [0.1, 0.15) is 28.7 Å². The van der Waals surface area contributed by atoms with Gasteiger partial charge in [-0.05, 0) is 56.2 Å². The van der Waals surface area contributed by atoms with Crippen molar-refractivity contribution in [3.63, 3.8) is 0 Å². The molecular weight excluding hydrogens is 660 g/mol. The summed E-state index contributed by atoms with van der Waals surface area (Å²) in [4.78, 5) is 42.5. The lowest BCUT2D eigenvalue weighted by Gasteiger charge is -2.46. The number of ether oxygens (including phenoxy) is 1. The Morgan fingerprint density at radius 2 is 1.69 bits per heavy atom. The van der Waals surface area contributed by atoms with E-state index in [2.05, 4.69) is 15.0 Å². The monoisotopic (exact) mass is 684 g/mol. The van der Waals surface area contributed by atoms with Crippen LogP contribution in [0.3, 0.4) is 0 Å². The van der Waals surface area contributed by atoms with Gasteiger partial charge in [-0.25, -0.2) is 18.6 Å². The molecule has 2 aliphatic rings. The average molecular weight is 685 g/mol. The number of benzene rings is 2. The van der Waals surface area contributed by atoms with Gasteiger partial charge in [-0.1, -0.05) is 6.07 Å². The number of aliphatic hydroxyl groups excluding tert-OH is 1. The minimum absolute atomic E-state index is 0.120. The number of methoxy groups -OCH3 is 1. The molecule has 0 radical (unpaired) electrons. The largest absolute Gasteiger partial charge is 0.509 e. The first-order chi connectivity index (χ1) is 22.4. The summed E-state index contributed by atoms with van der Waals surface area (Å²) >= 11 is 0. The Hall–Kier alpha value is -5.06. The van der Waals surface area contributed by atoms with Gasteiger partial charge in [0.05, 0.1) is 30.3 Å². The maximum absolute atomic E-state index is 15.1. The fourth-order valence-corrected chi connectivity index (χ4v) is 5.66. The number of hydrazine groups is 1. The number of anilines is 1. The van der Waals surface area contributed by atoms with Crippen LogP contribution >= 0.6 is 0 Å². The van der Waals surface area contributed by atoms with E-state index in [4.69, 9.17) is 0 Å². The fourth-order valence-electron chi connectivity index (χ4n) is 5.66. The summed E-state index contributed by atoms with van der Waals surface area (Å²) in [6.07, 6.45) is -8.54. The van der Waals surface area contributed by atoms with Crippen molar-refractivity contribution in [3.05, 3.63) is 94.0 Å². The van der Waals surface area contributed by atoms with E-state index < -0.39 is 93.1 Å². The van der Waals surface area contributed by atoms with Crippen molar-refractivity contribution in [3.8, 4) is 11.1 Å². The number of aromatic nitrogens is 1. The van der Waals surface area contributed by atoms with E-state index in [-0.39, 0.29) is 24.2 Å². The molecule has 9 nitrogen and oxygen atoms in total. The summed E-state index contributed by atoms with van der Waals surface area (Å²) in [7, 11) is 1.01. The Morgan fingerprint density at radius 1 is 1.02 bits per heavy atom. The van der Waals surface area contributed by atoms with Gasteiger partial charge in [-0.2, -0.15) is 26.3 Å². The third-order valence-electron chi connectivity index (χ3n) is 8.15. The van der Waals surface area contributed by atoms with Crippen molar-refractivity contribution in [2.24, 2.45) is 0 Å². The minimum atomic E-state index is -4.89. The van der Waals surface area contributed by atoms with Gasteiger partial charge in [-0.15, -0.1) is 0 Å². The van der Waals surface area contributed by atoms with Crippen LogP contribution in [0.4, 0.5) is 40.8 Å². The molecule has 0 unspecified atom stereocenters. The molecule has 1 atom stereocenters. The number of pyridine rings is 1. The zero-order valence-corrected chi connectivity index (χ0v) is 24.9. The topological polar surface area (TPSA) is 112 Å². The molecule has 2 aliphatic heterocycles. The first-order valence-electron chi connectivity index (χ1n) is 14.0. The summed E-state index contributed by atoms with van der Waals surface area (Å²) in [5.41, 5.74) is -7.02. The van der Waals surface area contributed by atoms with Gasteiger partial charge in [0, 0.05) is 35.1 Å². The second-order valence-corrected chi connectivity index (χ2v) is 11.1. The van der Waals surface area contributed by atoms with Crippen LogP contribution in [0.5, 0.6) is 0 Å². The average Bonchev–Trinajstić information content (AvgIpc) is 3.42. The number of esters is 1. The van der Waals surface area contributed by atoms with Crippen molar-refractivity contribution in [2.45, 2.75) is 44.2 Å². The molecular formula is C31H24F8N4O5. The Kier molecular flexibility index (Phi) is 8.71. The summed E-state index contributed by atoms with van der Waals surface area (Å²) in [5, 5.41) is 15.7. The maximum Gasteiger partial charge on any atom is 0.433 e. The van der Waals surface area contributed by atoms with E-state index in [1.54, 1.807) is 0 Å². The van der Waals surface area contributed by atoms with Gasteiger partial charge in [-0.3, -0.25) is 19.6 Å². The lowest BCUT2D eigenvalue weighted by atomic mass is 9.90. The predicted molar refractivity (Wildman–Crippen MR) is 151 cm³/mol. The number of alkyl halides is 6. The molecule has 1 fully saturated rings. The molecule has 2 N–H and O–H groups in total. The molecule has 2 aromatic carbocycles. The number of carbonyl (C=O) groups is 3. The molecule has 0 saturated carbocycles. The fraction of sp³-hybridized carbons (Fsp3) is 0.290. The zero-order chi connectivity index (χ0) is 35.3. The zero-order valence-electron chi connectivity index (χ0n) is 24.9. The van der Waals surface area contributed by atoms with Crippen LogP contribution in [0.15, 0.2) is 60.0 Å². The molecule has 2 amide bonds. The third kappa shape index (κ3) is 6.16.